The van der Waals surface area contributed by atoms with Crippen molar-refractivity contribution in [2.45, 2.75) is 33.7 Å². The number of nitrogens with one attached hydrogen (secondary N) is 2. The fourth-order valence-electron chi connectivity index (χ4n) is 2.07. The van der Waals surface area contributed by atoms with Gasteiger partial charge in [0.05, 0.1) is 17.1 Å². The van der Waals surface area contributed by atoms with Crippen LogP contribution in [0.4, 0.5) is 11.4 Å². The van der Waals surface area contributed by atoms with Crippen LogP contribution in [0.1, 0.15) is 41.8 Å². The lowest BCUT2D eigenvalue weighted by atomic mass is 10.3. The molecule has 0 saturated carbocycles. The van der Waals surface area contributed by atoms with Crippen molar-refractivity contribution < 1.29 is 4.79 Å². The van der Waals surface area contributed by atoms with E-state index in [0.717, 1.165) is 17.1 Å². The van der Waals surface area contributed by atoms with Crippen molar-refractivity contribution in [2.24, 2.45) is 0 Å². The molecule has 0 unspecified atom stereocenters. The van der Waals surface area contributed by atoms with E-state index in [1.807, 2.05) is 18.5 Å². The van der Waals surface area contributed by atoms with Gasteiger partial charge in [0, 0.05) is 17.9 Å². The molecule has 0 atom stereocenters. The number of carbonyl (C=O) groups excluding carboxylic acids is 1. The van der Waals surface area contributed by atoms with Crippen LogP contribution in [0, 0.1) is 13.8 Å². The number of carbonyl (C=O) groups is 1. The first-order chi connectivity index (χ1) is 8.90. The Morgan fingerprint density at radius 2 is 2.16 bits per heavy atom. The summed E-state index contributed by atoms with van der Waals surface area (Å²) in [5, 5.41) is 7.30. The molecule has 102 valence electrons. The van der Waals surface area contributed by atoms with Crippen LogP contribution in [0.25, 0.3) is 0 Å². The summed E-state index contributed by atoms with van der Waals surface area (Å²) in [5.74, 6) is -0.216. The van der Waals surface area contributed by atoms with Gasteiger partial charge in [-0.25, -0.2) is 0 Å². The van der Waals surface area contributed by atoms with Gasteiger partial charge in [0.15, 0.2) is 0 Å². The largest absolute Gasteiger partial charge is 0.397 e. The zero-order chi connectivity index (χ0) is 14.2. The van der Waals surface area contributed by atoms with Gasteiger partial charge in [-0.2, -0.15) is 5.10 Å². The minimum Gasteiger partial charge on any atom is -0.397 e. The molecule has 0 aromatic carbocycles. The number of nitrogens with two attached hydrogens (primary N) is 1. The smallest absolute Gasteiger partial charge is 0.272 e. The maximum absolute atomic E-state index is 12.1. The Bertz CT molecular complexity index is 609. The molecule has 0 radical (unpaired) electrons. The molecule has 6 heteroatoms. The van der Waals surface area contributed by atoms with Crippen molar-refractivity contribution in [3.63, 3.8) is 0 Å². The Morgan fingerprint density at radius 3 is 2.63 bits per heavy atom. The van der Waals surface area contributed by atoms with Gasteiger partial charge in [0.2, 0.25) is 0 Å². The average Bonchev–Trinajstić information content (AvgIpc) is 2.87. The van der Waals surface area contributed by atoms with Crippen molar-refractivity contribution in [1.82, 2.24) is 14.8 Å². The molecule has 0 saturated heterocycles. The topological polar surface area (TPSA) is 88.7 Å². The molecule has 1 amide bonds. The number of H-pyrrole nitrogens is 1. The first-order valence-electron chi connectivity index (χ1n) is 6.21. The van der Waals surface area contributed by atoms with E-state index < -0.39 is 0 Å². The van der Waals surface area contributed by atoms with Gasteiger partial charge in [-0.15, -0.1) is 0 Å². The zero-order valence-corrected chi connectivity index (χ0v) is 11.6. The molecule has 0 bridgehead atoms. The van der Waals surface area contributed by atoms with Crippen LogP contribution in [0.3, 0.4) is 0 Å². The van der Waals surface area contributed by atoms with E-state index in [1.165, 1.54) is 0 Å². The zero-order valence-electron chi connectivity index (χ0n) is 11.6. The molecule has 2 aromatic rings. The van der Waals surface area contributed by atoms with Gasteiger partial charge >= 0.3 is 0 Å². The molecule has 2 aromatic heterocycles. The Morgan fingerprint density at radius 1 is 1.47 bits per heavy atom. The summed E-state index contributed by atoms with van der Waals surface area (Å²) in [7, 11) is 0. The van der Waals surface area contributed by atoms with E-state index in [4.69, 9.17) is 5.73 Å². The highest BCUT2D eigenvalue weighted by Crippen LogP contribution is 2.23. The standard InChI is InChI=1S/C13H19N5O/c1-7(2)18-9(4)12(8(3)17-18)16-13(19)11-5-10(14)6-15-11/h5-7,15H,14H2,1-4H3,(H,16,19). The van der Waals surface area contributed by atoms with E-state index >= 15 is 0 Å². The molecule has 6 nitrogen and oxygen atoms in total. The van der Waals surface area contributed by atoms with Crippen LogP contribution in [0.5, 0.6) is 0 Å². The van der Waals surface area contributed by atoms with Crippen molar-refractivity contribution in [1.29, 1.82) is 0 Å². The predicted octanol–water partition coefficient (Wildman–Crippen LogP) is 2.24. The van der Waals surface area contributed by atoms with Crippen LogP contribution in [0.15, 0.2) is 12.3 Å². The second-order valence-electron chi connectivity index (χ2n) is 4.88. The number of rotatable bonds is 3. The van der Waals surface area contributed by atoms with Crippen LogP contribution in [-0.4, -0.2) is 20.7 Å². The molecule has 2 heterocycles. The van der Waals surface area contributed by atoms with Crippen LogP contribution >= 0.6 is 0 Å². The summed E-state index contributed by atoms with van der Waals surface area (Å²) in [4.78, 5) is 14.9. The average molecular weight is 261 g/mol. The van der Waals surface area contributed by atoms with Crippen molar-refractivity contribution >= 4 is 17.3 Å². The molecule has 0 fully saturated rings. The number of nitrogens with zero attached hydrogens (tertiary/aromatic N) is 2. The number of nitrogen functional groups attached to an aromatic ring is 1. The maximum Gasteiger partial charge on any atom is 0.272 e. The minimum absolute atomic E-state index is 0.216. The summed E-state index contributed by atoms with van der Waals surface area (Å²) < 4.78 is 1.90. The molecule has 2 rings (SSSR count). The van der Waals surface area contributed by atoms with Gasteiger partial charge < -0.3 is 16.0 Å². The third kappa shape index (κ3) is 2.47. The highest BCUT2D eigenvalue weighted by Gasteiger charge is 2.17. The van der Waals surface area contributed by atoms with E-state index in [9.17, 15) is 4.79 Å². The molecule has 19 heavy (non-hydrogen) atoms. The lowest BCUT2D eigenvalue weighted by Crippen LogP contribution is -2.13. The Hall–Kier alpha value is -2.24. The maximum atomic E-state index is 12.1. The van der Waals surface area contributed by atoms with Crippen molar-refractivity contribution in [3.8, 4) is 0 Å². The third-order valence-corrected chi connectivity index (χ3v) is 3.00. The number of amides is 1. The normalized spacial score (nSPS) is 11.0. The van der Waals surface area contributed by atoms with E-state index in [1.54, 1.807) is 12.3 Å². The number of aromatic amines is 1. The van der Waals surface area contributed by atoms with E-state index in [2.05, 4.69) is 29.2 Å². The van der Waals surface area contributed by atoms with Crippen LogP contribution in [-0.2, 0) is 0 Å². The minimum atomic E-state index is -0.216. The first-order valence-corrected chi connectivity index (χ1v) is 6.21. The lowest BCUT2D eigenvalue weighted by Gasteiger charge is -2.09. The molecule has 0 aliphatic rings. The molecule has 4 N–H and O–H groups in total. The molecule has 0 aliphatic heterocycles. The predicted molar refractivity (Wildman–Crippen MR) is 75.2 cm³/mol. The van der Waals surface area contributed by atoms with E-state index in [0.29, 0.717) is 11.4 Å². The van der Waals surface area contributed by atoms with Gasteiger partial charge in [-0.1, -0.05) is 0 Å². The van der Waals surface area contributed by atoms with Gasteiger partial charge in [0.1, 0.15) is 5.69 Å². The number of anilines is 2. The second kappa shape index (κ2) is 4.79. The van der Waals surface area contributed by atoms with Gasteiger partial charge in [-0.3, -0.25) is 9.48 Å². The Balaban J connectivity index is 2.26. The quantitative estimate of drug-likeness (QED) is 0.791. The first kappa shape index (κ1) is 13.2. The Kier molecular flexibility index (Phi) is 3.33. The Labute approximate surface area is 112 Å². The second-order valence-corrected chi connectivity index (χ2v) is 4.88. The summed E-state index contributed by atoms with van der Waals surface area (Å²) in [6.45, 7) is 7.93. The van der Waals surface area contributed by atoms with Crippen molar-refractivity contribution in [3.05, 3.63) is 29.3 Å². The summed E-state index contributed by atoms with van der Waals surface area (Å²) in [6, 6.07) is 1.86. The summed E-state index contributed by atoms with van der Waals surface area (Å²) in [6.07, 6.45) is 1.59. The monoisotopic (exact) mass is 261 g/mol. The molecule has 0 spiro atoms. The highest BCUT2D eigenvalue weighted by molar-refractivity contribution is 6.04. The SMILES string of the molecule is Cc1nn(C(C)C)c(C)c1NC(=O)c1cc(N)c[nH]1. The summed E-state index contributed by atoms with van der Waals surface area (Å²) in [5.41, 5.74) is 9.07. The molecular formula is C13H19N5O. The van der Waals surface area contributed by atoms with Crippen molar-refractivity contribution in [2.75, 3.05) is 11.1 Å². The van der Waals surface area contributed by atoms with Crippen LogP contribution < -0.4 is 11.1 Å². The van der Waals surface area contributed by atoms with Crippen LogP contribution in [0.2, 0.25) is 0 Å². The molecular weight excluding hydrogens is 242 g/mol. The number of hydrogen-bond acceptors (Lipinski definition) is 3. The van der Waals surface area contributed by atoms with Gasteiger partial charge in [-0.05, 0) is 33.8 Å². The van der Waals surface area contributed by atoms with Gasteiger partial charge in [0.25, 0.3) is 5.91 Å². The fraction of sp³-hybridized carbons (Fsp3) is 0.385. The molecule has 0 aliphatic carbocycles. The number of hydrogen-bond donors (Lipinski definition) is 3. The summed E-state index contributed by atoms with van der Waals surface area (Å²) >= 11 is 0. The lowest BCUT2D eigenvalue weighted by molar-refractivity contribution is 0.102. The third-order valence-electron chi connectivity index (χ3n) is 3.00. The fourth-order valence-corrected chi connectivity index (χ4v) is 2.07. The highest BCUT2D eigenvalue weighted by atomic mass is 16.1. The number of aryl methyl sites for hydroxylation is 1. The number of aromatic nitrogens is 3. The van der Waals surface area contributed by atoms with E-state index in [-0.39, 0.29) is 11.9 Å².